The summed E-state index contributed by atoms with van der Waals surface area (Å²) < 4.78 is 22.7. The number of carbonyl (C=O) groups is 3. The lowest BCUT2D eigenvalue weighted by Crippen LogP contribution is -2.41. The molecule has 3 rings (SSSR count). The first kappa shape index (κ1) is 21.9. The normalized spacial score (nSPS) is 23.3. The Balaban J connectivity index is 2.11. The second kappa shape index (κ2) is 8.53. The number of ether oxygens (including phenoxy) is 4. The molecule has 0 aromatic carbocycles. The summed E-state index contributed by atoms with van der Waals surface area (Å²) in [5, 5.41) is -0.0339. The fourth-order valence-corrected chi connectivity index (χ4v) is 4.14. The molecule has 1 aliphatic heterocycles. The van der Waals surface area contributed by atoms with Crippen molar-refractivity contribution in [1.29, 1.82) is 0 Å². The molecule has 2 aromatic rings. The van der Waals surface area contributed by atoms with E-state index >= 15 is 0 Å². The molecule has 2 aromatic heterocycles. The van der Waals surface area contributed by atoms with Crippen LogP contribution in [0.3, 0.4) is 0 Å². The lowest BCUT2D eigenvalue weighted by molar-refractivity contribution is -0.166. The van der Waals surface area contributed by atoms with Gasteiger partial charge in [-0.3, -0.25) is 23.7 Å². The van der Waals surface area contributed by atoms with Gasteiger partial charge in [0.15, 0.2) is 29.2 Å². The first-order chi connectivity index (χ1) is 14.1. The Morgan fingerprint density at radius 3 is 2.37 bits per heavy atom. The summed E-state index contributed by atoms with van der Waals surface area (Å²) in [6, 6.07) is 0. The van der Waals surface area contributed by atoms with Crippen molar-refractivity contribution in [2.75, 3.05) is 12.3 Å². The molecule has 30 heavy (non-hydrogen) atoms. The molecule has 0 amide bonds. The second-order valence-electron chi connectivity index (χ2n) is 6.28. The highest BCUT2D eigenvalue weighted by atomic mass is 35.5. The smallest absolute Gasteiger partial charge is 0.311 e. The Bertz CT molecular complexity index is 1070. The summed E-state index contributed by atoms with van der Waals surface area (Å²) >= 11 is 6.80. The lowest BCUT2D eigenvalue weighted by atomic mass is 10.1. The van der Waals surface area contributed by atoms with Crippen molar-refractivity contribution in [2.45, 2.75) is 45.3 Å². The van der Waals surface area contributed by atoms with Gasteiger partial charge in [0.2, 0.25) is 5.95 Å². The summed E-state index contributed by atoms with van der Waals surface area (Å²) in [6.45, 7) is 3.18. The van der Waals surface area contributed by atoms with E-state index < -0.39 is 47.3 Å². The number of carbonyl (C=O) groups excluding carboxylic acids is 3. The van der Waals surface area contributed by atoms with Crippen molar-refractivity contribution in [1.82, 2.24) is 14.5 Å². The van der Waals surface area contributed by atoms with Gasteiger partial charge in [0.25, 0.3) is 0 Å². The van der Waals surface area contributed by atoms with E-state index in [-0.39, 0.29) is 28.1 Å². The molecule has 1 saturated heterocycles. The van der Waals surface area contributed by atoms with Gasteiger partial charge in [0.1, 0.15) is 17.4 Å². The lowest BCUT2D eigenvalue weighted by Gasteiger charge is -2.23. The Labute approximate surface area is 177 Å². The van der Waals surface area contributed by atoms with Gasteiger partial charge in [0, 0.05) is 20.8 Å². The van der Waals surface area contributed by atoms with E-state index in [0.29, 0.717) is 0 Å². The van der Waals surface area contributed by atoms with Crippen molar-refractivity contribution in [3.8, 4) is 0 Å². The maximum absolute atomic E-state index is 12.7. The Morgan fingerprint density at radius 1 is 1.13 bits per heavy atom. The Kier molecular flexibility index (Phi) is 6.24. The van der Waals surface area contributed by atoms with Gasteiger partial charge in [-0.2, -0.15) is 9.97 Å². The number of hydrogen-bond acceptors (Lipinski definition) is 12. The molecule has 0 radical (unpaired) electrons. The van der Waals surface area contributed by atoms with Crippen molar-refractivity contribution in [3.63, 3.8) is 0 Å². The van der Waals surface area contributed by atoms with Gasteiger partial charge < -0.3 is 24.7 Å². The summed E-state index contributed by atoms with van der Waals surface area (Å²) in [5.74, 6) is -2.18. The molecular formula is C16H17ClN4O8S. The van der Waals surface area contributed by atoms with Crippen LogP contribution in [0, 0.1) is 0 Å². The largest absolute Gasteiger partial charge is 0.463 e. The minimum absolute atomic E-state index is 0.0339. The molecule has 14 heteroatoms. The zero-order valence-corrected chi connectivity index (χ0v) is 17.6. The van der Waals surface area contributed by atoms with Gasteiger partial charge in [-0.25, -0.2) is 0 Å². The van der Waals surface area contributed by atoms with Crippen LogP contribution in [0.15, 0.2) is 4.79 Å². The summed E-state index contributed by atoms with van der Waals surface area (Å²) in [5.41, 5.74) is 5.70. The average molecular weight is 461 g/mol. The average Bonchev–Trinajstić information content (AvgIpc) is 3.10. The van der Waals surface area contributed by atoms with Crippen LogP contribution in [0.1, 0.15) is 27.0 Å². The zero-order valence-electron chi connectivity index (χ0n) is 16.0. The van der Waals surface area contributed by atoms with Crippen LogP contribution in [0.5, 0.6) is 0 Å². The van der Waals surface area contributed by atoms with Crippen LogP contribution in [-0.2, 0) is 33.3 Å². The first-order valence-corrected chi connectivity index (χ1v) is 9.75. The van der Waals surface area contributed by atoms with Gasteiger partial charge in [-0.15, -0.1) is 0 Å². The van der Waals surface area contributed by atoms with Gasteiger partial charge in [-0.05, 0) is 0 Å². The van der Waals surface area contributed by atoms with Crippen molar-refractivity contribution < 1.29 is 33.3 Å². The van der Waals surface area contributed by atoms with E-state index in [0.717, 1.165) is 29.8 Å². The molecule has 1 aliphatic rings. The van der Waals surface area contributed by atoms with Gasteiger partial charge >= 0.3 is 22.8 Å². The van der Waals surface area contributed by atoms with Crippen LogP contribution >= 0.6 is 22.9 Å². The molecule has 162 valence electrons. The van der Waals surface area contributed by atoms with Gasteiger partial charge in [-0.1, -0.05) is 22.9 Å². The van der Waals surface area contributed by atoms with E-state index in [1.165, 1.54) is 6.92 Å². The third-order valence-corrected chi connectivity index (χ3v) is 5.37. The monoisotopic (exact) mass is 460 g/mol. The molecular weight excluding hydrogens is 444 g/mol. The number of anilines is 1. The van der Waals surface area contributed by atoms with E-state index in [9.17, 15) is 19.2 Å². The maximum Gasteiger partial charge on any atom is 0.311 e. The highest BCUT2D eigenvalue weighted by Crippen LogP contribution is 2.36. The molecule has 0 unspecified atom stereocenters. The minimum atomic E-state index is -1.26. The van der Waals surface area contributed by atoms with Crippen LogP contribution in [0.25, 0.3) is 10.3 Å². The highest BCUT2D eigenvalue weighted by molar-refractivity contribution is 7.17. The minimum Gasteiger partial charge on any atom is -0.463 e. The number of nitrogen functional groups attached to an aromatic ring is 1. The third-order valence-electron chi connectivity index (χ3n) is 4.03. The third kappa shape index (κ3) is 4.37. The molecule has 2 N–H and O–H groups in total. The van der Waals surface area contributed by atoms with E-state index in [4.69, 9.17) is 36.3 Å². The van der Waals surface area contributed by atoms with Crippen LogP contribution < -0.4 is 10.6 Å². The summed E-state index contributed by atoms with van der Waals surface area (Å²) in [4.78, 5) is 54.6. The molecule has 3 heterocycles. The predicted molar refractivity (Wildman–Crippen MR) is 103 cm³/mol. The van der Waals surface area contributed by atoms with Crippen LogP contribution in [0.2, 0.25) is 5.15 Å². The molecule has 0 saturated carbocycles. The standard InChI is InChI=1S/C16H17ClN4O8S/c1-5(22)26-4-8-9(27-6(2)23)10(28-7(3)24)14(29-8)21-13-11(30-16(21)25)12(17)19-15(18)20-13/h8-10,14H,4H2,1-3H3,(H2,18,19,20)/t8-,9-,10-,14-/m1/s1. The molecule has 12 nitrogen and oxygen atoms in total. The number of hydrogen-bond donors (Lipinski definition) is 1. The number of aromatic nitrogens is 3. The number of fused-ring (bicyclic) bond motifs is 1. The number of rotatable bonds is 5. The molecule has 0 bridgehead atoms. The van der Waals surface area contributed by atoms with E-state index in [2.05, 4.69) is 9.97 Å². The summed E-state index contributed by atoms with van der Waals surface area (Å²) in [6.07, 6.45) is -4.68. The van der Waals surface area contributed by atoms with Crippen LogP contribution in [-0.4, -0.2) is 57.4 Å². The molecule has 4 atom stereocenters. The second-order valence-corrected chi connectivity index (χ2v) is 7.60. The quantitative estimate of drug-likeness (QED) is 0.373. The Morgan fingerprint density at radius 2 is 1.77 bits per heavy atom. The number of esters is 3. The van der Waals surface area contributed by atoms with Gasteiger partial charge in [0.05, 0.1) is 0 Å². The predicted octanol–water partition coefficient (Wildman–Crippen LogP) is 0.412. The summed E-state index contributed by atoms with van der Waals surface area (Å²) in [7, 11) is 0. The number of nitrogens with two attached hydrogens (primary N) is 1. The van der Waals surface area contributed by atoms with Crippen molar-refractivity contribution in [3.05, 3.63) is 14.8 Å². The van der Waals surface area contributed by atoms with Crippen molar-refractivity contribution in [2.24, 2.45) is 0 Å². The molecule has 1 fully saturated rings. The molecule has 0 aliphatic carbocycles. The zero-order chi connectivity index (χ0) is 22.2. The van der Waals surface area contributed by atoms with E-state index in [1.807, 2.05) is 0 Å². The Hall–Kier alpha value is -2.77. The van der Waals surface area contributed by atoms with Crippen LogP contribution in [0.4, 0.5) is 5.95 Å². The topological polar surface area (TPSA) is 162 Å². The first-order valence-electron chi connectivity index (χ1n) is 8.55. The fourth-order valence-electron chi connectivity index (χ4n) is 3.03. The maximum atomic E-state index is 12.7. The highest BCUT2D eigenvalue weighted by Gasteiger charge is 2.51. The number of thiazole rings is 1. The van der Waals surface area contributed by atoms with Crippen molar-refractivity contribution >= 4 is 57.1 Å². The van der Waals surface area contributed by atoms with E-state index in [1.54, 1.807) is 0 Å². The number of nitrogens with zero attached hydrogens (tertiary/aromatic N) is 3. The fraction of sp³-hybridized carbons (Fsp3) is 0.500. The number of halogens is 1. The SMILES string of the molecule is CC(=O)OC[C@H]1O[C@@H](n2c(=O)sc3c(Cl)nc(N)nc32)[C@H](OC(C)=O)[C@@H]1OC(C)=O. The molecule has 0 spiro atoms.